The number of aromatic nitrogens is 2. The zero-order valence-corrected chi connectivity index (χ0v) is 18.8. The van der Waals surface area contributed by atoms with Gasteiger partial charge in [-0.25, -0.2) is 9.78 Å². The number of fused-ring (bicyclic) bond motifs is 3. The Labute approximate surface area is 194 Å². The first-order chi connectivity index (χ1) is 16.0. The molecule has 0 saturated carbocycles. The number of nitrogens with zero attached hydrogens (tertiary/aromatic N) is 2. The summed E-state index contributed by atoms with van der Waals surface area (Å²) in [6.07, 6.45) is 3.24. The molecule has 0 atom stereocenters. The number of cyclic esters (lactones) is 1. The van der Waals surface area contributed by atoms with E-state index in [2.05, 4.69) is 15.6 Å². The van der Waals surface area contributed by atoms with E-state index in [1.54, 1.807) is 19.3 Å². The molecule has 2 aliphatic rings. The Bertz CT molecular complexity index is 1290. The Balaban J connectivity index is 1.50. The number of rotatable bonds is 4. The van der Waals surface area contributed by atoms with E-state index in [0.29, 0.717) is 47.6 Å². The van der Waals surface area contributed by atoms with Crippen molar-refractivity contribution >= 4 is 45.5 Å². The summed E-state index contributed by atoms with van der Waals surface area (Å²) >= 11 is 6.39. The molecule has 9 nitrogen and oxygen atoms in total. The van der Waals surface area contributed by atoms with E-state index in [1.807, 2.05) is 18.2 Å². The maximum Gasteiger partial charge on any atom is 0.346 e. The average molecular weight is 471 g/mol. The van der Waals surface area contributed by atoms with Gasteiger partial charge in [-0.05, 0) is 18.2 Å². The SMILES string of the molecule is Cn1c(=O)c2c(c3cc(Nc4cc(OC5CCOCC5)ncc4Cl)ccc31)NCCOC2=O. The molecule has 1 aromatic carbocycles. The van der Waals surface area contributed by atoms with Gasteiger partial charge in [-0.1, -0.05) is 11.6 Å². The maximum absolute atomic E-state index is 12.8. The summed E-state index contributed by atoms with van der Waals surface area (Å²) in [5.41, 5.74) is 2.14. The third kappa shape index (κ3) is 4.21. The standard InChI is InChI=1S/C23H23ClN4O5/c1-28-18-3-2-13(10-15(18)21-20(22(28)29)23(30)32-9-6-25-21)27-17-11-19(26-12-16(17)24)33-14-4-7-31-8-5-14/h2-3,10-12,14,25H,4-9H2,1H3,(H,26,27). The highest BCUT2D eigenvalue weighted by molar-refractivity contribution is 6.33. The van der Waals surface area contributed by atoms with Crippen LogP contribution in [0.1, 0.15) is 23.2 Å². The fourth-order valence-electron chi connectivity index (χ4n) is 4.09. The minimum Gasteiger partial charge on any atom is -0.474 e. The van der Waals surface area contributed by atoms with Crippen LogP contribution in [-0.4, -0.2) is 48.0 Å². The van der Waals surface area contributed by atoms with Crippen LogP contribution in [0, 0.1) is 0 Å². The second-order valence-corrected chi connectivity index (χ2v) is 8.37. The molecule has 1 fully saturated rings. The number of halogens is 1. The smallest absolute Gasteiger partial charge is 0.346 e. The lowest BCUT2D eigenvalue weighted by Crippen LogP contribution is -2.26. The van der Waals surface area contributed by atoms with Gasteiger partial charge in [-0.2, -0.15) is 0 Å². The van der Waals surface area contributed by atoms with E-state index in [1.165, 1.54) is 4.57 Å². The summed E-state index contributed by atoms with van der Waals surface area (Å²) in [7, 11) is 1.63. The second-order valence-electron chi connectivity index (χ2n) is 7.97. The topological polar surface area (TPSA) is 104 Å². The van der Waals surface area contributed by atoms with Crippen molar-refractivity contribution in [3.8, 4) is 5.88 Å². The van der Waals surface area contributed by atoms with Gasteiger partial charge in [0.15, 0.2) is 0 Å². The highest BCUT2D eigenvalue weighted by Crippen LogP contribution is 2.33. The lowest BCUT2D eigenvalue weighted by atomic mass is 10.1. The number of hydrogen-bond acceptors (Lipinski definition) is 8. The molecule has 10 heteroatoms. The van der Waals surface area contributed by atoms with Gasteiger partial charge in [-0.3, -0.25) is 4.79 Å². The Morgan fingerprint density at radius 1 is 1.21 bits per heavy atom. The van der Waals surface area contributed by atoms with Crippen LogP contribution in [0.4, 0.5) is 17.1 Å². The van der Waals surface area contributed by atoms with E-state index in [0.717, 1.165) is 23.9 Å². The minimum absolute atomic E-state index is 0.00809. The number of hydrogen-bond donors (Lipinski definition) is 2. The van der Waals surface area contributed by atoms with Crippen molar-refractivity contribution in [3.63, 3.8) is 0 Å². The van der Waals surface area contributed by atoms with Crippen molar-refractivity contribution in [2.45, 2.75) is 18.9 Å². The van der Waals surface area contributed by atoms with Gasteiger partial charge in [0.25, 0.3) is 5.56 Å². The van der Waals surface area contributed by atoms with E-state index >= 15 is 0 Å². The molecule has 2 aromatic heterocycles. The summed E-state index contributed by atoms with van der Waals surface area (Å²) in [6.45, 7) is 1.96. The third-order valence-corrected chi connectivity index (χ3v) is 6.10. The van der Waals surface area contributed by atoms with Gasteiger partial charge in [0, 0.05) is 43.6 Å². The Kier molecular flexibility index (Phi) is 5.82. The van der Waals surface area contributed by atoms with Gasteiger partial charge in [0.2, 0.25) is 5.88 Å². The largest absolute Gasteiger partial charge is 0.474 e. The van der Waals surface area contributed by atoms with Gasteiger partial charge in [0.05, 0.1) is 41.3 Å². The van der Waals surface area contributed by atoms with Crippen LogP contribution in [0.25, 0.3) is 10.9 Å². The summed E-state index contributed by atoms with van der Waals surface area (Å²) in [5.74, 6) is -0.141. The third-order valence-electron chi connectivity index (χ3n) is 5.80. The van der Waals surface area contributed by atoms with Crippen LogP contribution >= 0.6 is 11.6 Å². The highest BCUT2D eigenvalue weighted by Gasteiger charge is 2.25. The first kappa shape index (κ1) is 21.5. The van der Waals surface area contributed by atoms with Crippen molar-refractivity contribution in [3.05, 3.63) is 51.4 Å². The summed E-state index contributed by atoms with van der Waals surface area (Å²) < 4.78 is 18.0. The van der Waals surface area contributed by atoms with Gasteiger partial charge in [-0.15, -0.1) is 0 Å². The summed E-state index contributed by atoms with van der Waals surface area (Å²) in [5, 5.41) is 7.63. The quantitative estimate of drug-likeness (QED) is 0.559. The Morgan fingerprint density at radius 3 is 2.85 bits per heavy atom. The zero-order valence-electron chi connectivity index (χ0n) is 18.0. The van der Waals surface area contributed by atoms with E-state index in [9.17, 15) is 9.59 Å². The van der Waals surface area contributed by atoms with Crippen molar-refractivity contribution in [2.75, 3.05) is 37.0 Å². The molecule has 0 aliphatic carbocycles. The van der Waals surface area contributed by atoms with E-state index < -0.39 is 11.5 Å². The summed E-state index contributed by atoms with van der Waals surface area (Å²) in [4.78, 5) is 29.5. The number of pyridine rings is 2. The molecule has 2 N–H and O–H groups in total. The fourth-order valence-corrected chi connectivity index (χ4v) is 4.24. The van der Waals surface area contributed by atoms with Crippen LogP contribution in [0.3, 0.4) is 0 Å². The van der Waals surface area contributed by atoms with Crippen LogP contribution in [0.2, 0.25) is 5.02 Å². The molecular formula is C23H23ClN4O5. The normalized spacial score (nSPS) is 16.5. The molecule has 2 aliphatic heterocycles. The lowest BCUT2D eigenvalue weighted by molar-refractivity contribution is 0.0237. The molecule has 0 unspecified atom stereocenters. The Morgan fingerprint density at radius 2 is 2.03 bits per heavy atom. The Hall–Kier alpha value is -3.30. The van der Waals surface area contributed by atoms with E-state index in [-0.39, 0.29) is 18.3 Å². The van der Waals surface area contributed by atoms with E-state index in [4.69, 9.17) is 25.8 Å². The number of nitrogens with one attached hydrogen (secondary N) is 2. The molecule has 1 saturated heterocycles. The first-order valence-electron chi connectivity index (χ1n) is 10.8. The number of ether oxygens (including phenoxy) is 3. The molecule has 172 valence electrons. The monoisotopic (exact) mass is 470 g/mol. The molecular weight excluding hydrogens is 448 g/mol. The number of aryl methyl sites for hydroxylation is 1. The minimum atomic E-state index is -0.622. The molecule has 5 rings (SSSR count). The number of anilines is 3. The molecule has 0 amide bonds. The maximum atomic E-state index is 12.8. The van der Waals surface area contributed by atoms with Crippen molar-refractivity contribution < 1.29 is 19.0 Å². The molecule has 33 heavy (non-hydrogen) atoms. The van der Waals surface area contributed by atoms with Crippen LogP contribution < -0.4 is 20.9 Å². The van der Waals surface area contributed by atoms with Crippen LogP contribution in [-0.2, 0) is 16.5 Å². The lowest BCUT2D eigenvalue weighted by Gasteiger charge is -2.23. The first-order valence-corrected chi connectivity index (χ1v) is 11.1. The average Bonchev–Trinajstić information content (AvgIpc) is 3.02. The number of benzene rings is 1. The zero-order chi connectivity index (χ0) is 22.9. The molecule has 3 aromatic rings. The van der Waals surface area contributed by atoms with Gasteiger partial charge in [0.1, 0.15) is 18.3 Å². The highest BCUT2D eigenvalue weighted by atomic mass is 35.5. The van der Waals surface area contributed by atoms with Crippen molar-refractivity contribution in [1.82, 2.24) is 9.55 Å². The van der Waals surface area contributed by atoms with Crippen LogP contribution in [0.15, 0.2) is 35.3 Å². The molecule has 0 radical (unpaired) electrons. The number of carbonyl (C=O) groups excluding carboxylic acids is 1. The molecule has 0 bridgehead atoms. The summed E-state index contributed by atoms with van der Waals surface area (Å²) in [6, 6.07) is 7.30. The predicted molar refractivity (Wildman–Crippen MR) is 125 cm³/mol. The number of esters is 1. The van der Waals surface area contributed by atoms with Crippen molar-refractivity contribution in [1.29, 1.82) is 0 Å². The predicted octanol–water partition coefficient (Wildman–Crippen LogP) is 3.47. The van der Waals surface area contributed by atoms with Crippen LogP contribution in [0.5, 0.6) is 5.88 Å². The molecule has 0 spiro atoms. The fraction of sp³-hybridized carbons (Fsp3) is 0.348. The van der Waals surface area contributed by atoms with Gasteiger partial charge < -0.3 is 29.4 Å². The number of carbonyl (C=O) groups is 1. The molecule has 4 heterocycles. The van der Waals surface area contributed by atoms with Crippen molar-refractivity contribution in [2.24, 2.45) is 7.05 Å². The van der Waals surface area contributed by atoms with Gasteiger partial charge >= 0.3 is 5.97 Å². The second kappa shape index (κ2) is 8.92.